The van der Waals surface area contributed by atoms with Crippen LogP contribution in [0.25, 0.3) is 0 Å². The summed E-state index contributed by atoms with van der Waals surface area (Å²) in [7, 11) is 3.51. The van der Waals surface area contributed by atoms with E-state index in [2.05, 4.69) is 5.32 Å². The lowest BCUT2D eigenvalue weighted by atomic mass is 10.2. The van der Waals surface area contributed by atoms with E-state index in [1.54, 1.807) is 13.2 Å². The van der Waals surface area contributed by atoms with Gasteiger partial charge in [-0.3, -0.25) is 0 Å². The molecular weight excluding hydrogens is 206 g/mol. The molecule has 0 spiro atoms. The lowest BCUT2D eigenvalue weighted by Crippen LogP contribution is -2.11. The van der Waals surface area contributed by atoms with Crippen LogP contribution in [0.3, 0.4) is 0 Å². The van der Waals surface area contributed by atoms with Crippen molar-refractivity contribution < 1.29 is 14.6 Å². The smallest absolute Gasteiger partial charge is 0.161 e. The molecular formula is C12H19NO3. The second-order valence-corrected chi connectivity index (χ2v) is 3.45. The number of aliphatic hydroxyl groups excluding tert-OH is 1. The van der Waals surface area contributed by atoms with E-state index >= 15 is 0 Å². The van der Waals surface area contributed by atoms with Gasteiger partial charge in [-0.1, -0.05) is 6.07 Å². The highest BCUT2D eigenvalue weighted by molar-refractivity contribution is 5.42. The molecule has 0 amide bonds. The van der Waals surface area contributed by atoms with E-state index in [-0.39, 0.29) is 6.61 Å². The zero-order chi connectivity index (χ0) is 11.8. The second kappa shape index (κ2) is 7.09. The zero-order valence-electron chi connectivity index (χ0n) is 9.82. The lowest BCUT2D eigenvalue weighted by Gasteiger charge is -2.11. The van der Waals surface area contributed by atoms with Crippen molar-refractivity contribution in [3.05, 3.63) is 23.8 Å². The third kappa shape index (κ3) is 3.72. The van der Waals surface area contributed by atoms with Gasteiger partial charge < -0.3 is 19.9 Å². The van der Waals surface area contributed by atoms with Crippen molar-refractivity contribution in [3.8, 4) is 11.5 Å². The van der Waals surface area contributed by atoms with Gasteiger partial charge in [-0.05, 0) is 37.7 Å². The predicted octanol–water partition coefficient (Wildman–Crippen LogP) is 1.18. The molecule has 0 heterocycles. The molecule has 16 heavy (non-hydrogen) atoms. The summed E-state index contributed by atoms with van der Waals surface area (Å²) < 4.78 is 10.8. The van der Waals surface area contributed by atoms with Crippen LogP contribution in [0.4, 0.5) is 0 Å². The standard InChI is InChI=1S/C12H19NO3/c1-13-6-3-7-16-11-5-4-10(9-14)8-12(11)15-2/h4-5,8,13-14H,3,6-7,9H2,1-2H3. The Hall–Kier alpha value is -1.26. The van der Waals surface area contributed by atoms with Crippen molar-refractivity contribution in [2.24, 2.45) is 0 Å². The summed E-state index contributed by atoms with van der Waals surface area (Å²) in [5.74, 6) is 1.38. The number of methoxy groups -OCH3 is 1. The summed E-state index contributed by atoms with van der Waals surface area (Å²) in [5.41, 5.74) is 0.819. The van der Waals surface area contributed by atoms with Crippen molar-refractivity contribution in [1.82, 2.24) is 5.32 Å². The maximum absolute atomic E-state index is 8.99. The van der Waals surface area contributed by atoms with Crippen LogP contribution in [0, 0.1) is 0 Å². The SMILES string of the molecule is CNCCCOc1ccc(CO)cc1OC. The summed E-state index contributed by atoms with van der Waals surface area (Å²) in [5, 5.41) is 12.0. The van der Waals surface area contributed by atoms with Crippen LogP contribution >= 0.6 is 0 Å². The van der Waals surface area contributed by atoms with Gasteiger partial charge in [-0.2, -0.15) is 0 Å². The quantitative estimate of drug-likeness (QED) is 0.684. The first kappa shape index (κ1) is 12.8. The topological polar surface area (TPSA) is 50.7 Å². The van der Waals surface area contributed by atoms with Gasteiger partial charge in [0.05, 0.1) is 20.3 Å². The van der Waals surface area contributed by atoms with Gasteiger partial charge in [0, 0.05) is 0 Å². The predicted molar refractivity (Wildman–Crippen MR) is 63.0 cm³/mol. The first-order chi connectivity index (χ1) is 7.81. The number of rotatable bonds is 7. The fourth-order valence-corrected chi connectivity index (χ4v) is 1.36. The normalized spacial score (nSPS) is 10.2. The largest absolute Gasteiger partial charge is 0.493 e. The van der Waals surface area contributed by atoms with Crippen LogP contribution < -0.4 is 14.8 Å². The Morgan fingerprint density at radius 2 is 2.12 bits per heavy atom. The third-order valence-corrected chi connectivity index (χ3v) is 2.24. The molecule has 0 aliphatic rings. The Balaban J connectivity index is 2.57. The first-order valence-electron chi connectivity index (χ1n) is 5.37. The molecule has 2 N–H and O–H groups in total. The Labute approximate surface area is 96.2 Å². The first-order valence-corrected chi connectivity index (χ1v) is 5.37. The van der Waals surface area contributed by atoms with Crippen molar-refractivity contribution >= 4 is 0 Å². The molecule has 0 atom stereocenters. The van der Waals surface area contributed by atoms with Gasteiger partial charge in [0.1, 0.15) is 0 Å². The highest BCUT2D eigenvalue weighted by atomic mass is 16.5. The number of aliphatic hydroxyl groups is 1. The molecule has 0 aromatic heterocycles. The molecule has 0 aliphatic heterocycles. The van der Waals surface area contributed by atoms with Crippen LogP contribution in [-0.2, 0) is 6.61 Å². The lowest BCUT2D eigenvalue weighted by molar-refractivity contribution is 0.276. The average molecular weight is 225 g/mol. The molecule has 1 aromatic carbocycles. The second-order valence-electron chi connectivity index (χ2n) is 3.45. The summed E-state index contributed by atoms with van der Waals surface area (Å²) in [6, 6.07) is 5.44. The summed E-state index contributed by atoms with van der Waals surface area (Å²) >= 11 is 0. The highest BCUT2D eigenvalue weighted by Crippen LogP contribution is 2.28. The zero-order valence-corrected chi connectivity index (χ0v) is 9.82. The third-order valence-electron chi connectivity index (χ3n) is 2.24. The molecule has 4 nitrogen and oxygen atoms in total. The van der Waals surface area contributed by atoms with Crippen molar-refractivity contribution in [3.63, 3.8) is 0 Å². The Morgan fingerprint density at radius 3 is 2.75 bits per heavy atom. The Bertz CT molecular complexity index is 315. The number of hydrogen-bond donors (Lipinski definition) is 2. The summed E-state index contributed by atoms with van der Waals surface area (Å²) in [4.78, 5) is 0. The molecule has 0 saturated heterocycles. The Morgan fingerprint density at radius 1 is 1.31 bits per heavy atom. The van der Waals surface area contributed by atoms with E-state index < -0.39 is 0 Å². The molecule has 1 rings (SSSR count). The Kier molecular flexibility index (Phi) is 5.67. The van der Waals surface area contributed by atoms with Crippen molar-refractivity contribution in [2.75, 3.05) is 27.3 Å². The average Bonchev–Trinajstić information content (AvgIpc) is 2.34. The fraction of sp³-hybridized carbons (Fsp3) is 0.500. The number of nitrogens with one attached hydrogen (secondary N) is 1. The van der Waals surface area contributed by atoms with E-state index in [4.69, 9.17) is 14.6 Å². The minimum absolute atomic E-state index is 0.0103. The van der Waals surface area contributed by atoms with Crippen molar-refractivity contribution in [1.29, 1.82) is 0 Å². The van der Waals surface area contributed by atoms with Gasteiger partial charge in [-0.15, -0.1) is 0 Å². The summed E-state index contributed by atoms with van der Waals surface area (Å²) in [6.45, 7) is 1.59. The van der Waals surface area contributed by atoms with Gasteiger partial charge in [-0.25, -0.2) is 0 Å². The van der Waals surface area contributed by atoms with E-state index in [0.717, 1.165) is 24.3 Å². The molecule has 90 valence electrons. The van der Waals surface area contributed by atoms with Crippen LogP contribution in [-0.4, -0.2) is 32.4 Å². The van der Waals surface area contributed by atoms with E-state index in [0.29, 0.717) is 12.4 Å². The number of hydrogen-bond acceptors (Lipinski definition) is 4. The summed E-state index contributed by atoms with van der Waals surface area (Å²) in [6.07, 6.45) is 0.946. The minimum Gasteiger partial charge on any atom is -0.493 e. The minimum atomic E-state index is 0.0103. The molecule has 0 saturated carbocycles. The molecule has 0 unspecified atom stereocenters. The monoisotopic (exact) mass is 225 g/mol. The van der Waals surface area contributed by atoms with Gasteiger partial charge >= 0.3 is 0 Å². The molecule has 0 radical (unpaired) electrons. The van der Waals surface area contributed by atoms with Gasteiger partial charge in [0.2, 0.25) is 0 Å². The maximum Gasteiger partial charge on any atom is 0.161 e. The van der Waals surface area contributed by atoms with Gasteiger partial charge in [0.25, 0.3) is 0 Å². The molecule has 1 aromatic rings. The van der Waals surface area contributed by atoms with Crippen LogP contribution in [0.1, 0.15) is 12.0 Å². The van der Waals surface area contributed by atoms with Gasteiger partial charge in [0.15, 0.2) is 11.5 Å². The molecule has 4 heteroatoms. The van der Waals surface area contributed by atoms with Crippen LogP contribution in [0.15, 0.2) is 18.2 Å². The van der Waals surface area contributed by atoms with E-state index in [9.17, 15) is 0 Å². The van der Waals surface area contributed by atoms with E-state index in [1.165, 1.54) is 0 Å². The molecule has 0 bridgehead atoms. The molecule has 0 fully saturated rings. The number of ether oxygens (including phenoxy) is 2. The van der Waals surface area contributed by atoms with Crippen LogP contribution in [0.2, 0.25) is 0 Å². The van der Waals surface area contributed by atoms with Crippen LogP contribution in [0.5, 0.6) is 11.5 Å². The van der Waals surface area contributed by atoms with E-state index in [1.807, 2.05) is 19.2 Å². The number of benzene rings is 1. The molecule has 0 aliphatic carbocycles. The highest BCUT2D eigenvalue weighted by Gasteiger charge is 2.04. The fourth-order valence-electron chi connectivity index (χ4n) is 1.36. The maximum atomic E-state index is 8.99. The van der Waals surface area contributed by atoms with Crippen molar-refractivity contribution in [2.45, 2.75) is 13.0 Å².